The second-order valence-electron chi connectivity index (χ2n) is 19.0. The van der Waals surface area contributed by atoms with E-state index >= 15 is 0 Å². The number of allylic oxidation sites excluding steroid dienone is 1. The number of methoxy groups -OCH3 is 3. The number of ether oxygens (including phenoxy) is 7. The zero-order valence-corrected chi connectivity index (χ0v) is 45.6. The molecule has 0 atom stereocenters. The van der Waals surface area contributed by atoms with Crippen molar-refractivity contribution in [2.45, 2.75) is 157 Å². The maximum atomic E-state index is 10.5. The molecule has 2 fully saturated rings. The summed E-state index contributed by atoms with van der Waals surface area (Å²) in [4.78, 5) is 51.2. The lowest BCUT2D eigenvalue weighted by molar-refractivity contribution is -0.144. The molecule has 5 rings (SSSR count). The number of hydrogen-bond donors (Lipinski definition) is 1. The topological polar surface area (TPSA) is 174 Å². The molecule has 0 amide bonds. The van der Waals surface area contributed by atoms with Crippen LogP contribution in [-0.4, -0.2) is 82.8 Å². The average molecular weight is 992 g/mol. The molecule has 1 N–H and O–H groups in total. The smallest absolute Gasteiger partial charge is 0.293 e. The third-order valence-corrected chi connectivity index (χ3v) is 10.6. The van der Waals surface area contributed by atoms with E-state index < -0.39 is 11.2 Å². The van der Waals surface area contributed by atoms with Crippen molar-refractivity contribution in [1.82, 2.24) is 0 Å². The van der Waals surface area contributed by atoms with Crippen molar-refractivity contribution < 1.29 is 57.1 Å². The Kier molecular flexibility index (Phi) is 36.6. The molecule has 0 heterocycles. The van der Waals surface area contributed by atoms with Gasteiger partial charge in [0.1, 0.15) is 64.4 Å². The Morgan fingerprint density at radius 2 is 1.00 bits per heavy atom. The quantitative estimate of drug-likeness (QED) is 0.0554. The van der Waals surface area contributed by atoms with Crippen LogP contribution < -0.4 is 23.7 Å². The van der Waals surface area contributed by atoms with Crippen LogP contribution in [0.25, 0.3) is 0 Å². The fraction of sp³-hybridized carbons (Fsp3) is 0.552. The van der Waals surface area contributed by atoms with Gasteiger partial charge >= 0.3 is 0 Å². The normalized spacial score (nSPS) is 16.7. The number of rotatable bonds is 18. The van der Waals surface area contributed by atoms with E-state index in [1.54, 1.807) is 33.5 Å². The summed E-state index contributed by atoms with van der Waals surface area (Å²) in [6.07, 6.45) is 15.8. The van der Waals surface area contributed by atoms with Gasteiger partial charge in [0.05, 0.1) is 27.9 Å². The third kappa shape index (κ3) is 33.3. The number of hydrogen-bond acceptors (Lipinski definition) is 13. The van der Waals surface area contributed by atoms with Gasteiger partial charge in [-0.15, -0.1) is 6.58 Å². The summed E-state index contributed by atoms with van der Waals surface area (Å²) in [5, 5.41) is 7.21. The van der Waals surface area contributed by atoms with Crippen molar-refractivity contribution in [1.29, 1.82) is 5.41 Å². The molecule has 0 bridgehead atoms. The summed E-state index contributed by atoms with van der Waals surface area (Å²) in [5.74, 6) is 5.65. The second-order valence-corrected chi connectivity index (χ2v) is 19.0. The molecule has 0 aromatic heterocycles. The molecule has 2 aliphatic carbocycles. The molecule has 3 aromatic carbocycles. The summed E-state index contributed by atoms with van der Waals surface area (Å²) in [6.45, 7) is 26.5. The minimum absolute atomic E-state index is 0.144. The summed E-state index contributed by atoms with van der Waals surface area (Å²) in [7, 11) is 4.84. The number of nitrogens with one attached hydrogen (secondary N) is 1. The standard InChI is InChI=1S/C15H22O4.C11H13NO3.C11H16O2.C8H12O2.C8H14O.C3H6.C2H6/c1-14(2,18-11-16)10-15(3,4)19-13-8-6-12(17-5)7-9-13;1-14-11-3-2-9(4-5-15-8-13)6-10(11)7-12;1-11(2,3)13-10-7-5-9(12-4)6-8-10;9-5-7-1-2-8(6-10)4-3-7;1-7-2-4-8(6-9)5-3-7;1-3-2;1-2/h6-9,11H,10H2,1-5H3;2-3,6-8,12H,4-5H2,1H3;5-8H,1-4H3;5-8H,1-4H2;6-8H,2-5H2,1H3;3H,1H2,2H3;1-2H3. The zero-order valence-electron chi connectivity index (χ0n) is 45.6. The van der Waals surface area contributed by atoms with Crippen molar-refractivity contribution in [2.24, 2.45) is 23.7 Å². The molecule has 0 radical (unpaired) electrons. The van der Waals surface area contributed by atoms with Crippen molar-refractivity contribution in [2.75, 3.05) is 27.9 Å². The highest BCUT2D eigenvalue weighted by Crippen LogP contribution is 2.30. The monoisotopic (exact) mass is 992 g/mol. The second kappa shape index (κ2) is 38.7. The summed E-state index contributed by atoms with van der Waals surface area (Å²) in [6, 6.07) is 20.5. The Balaban J connectivity index is 0. The van der Waals surface area contributed by atoms with Gasteiger partial charge in [-0.1, -0.05) is 45.8 Å². The first-order valence-electron chi connectivity index (χ1n) is 24.6. The lowest BCUT2D eigenvalue weighted by atomic mass is 9.84. The van der Waals surface area contributed by atoms with Gasteiger partial charge in [-0.25, -0.2) is 0 Å². The van der Waals surface area contributed by atoms with Crippen LogP contribution in [0.4, 0.5) is 0 Å². The molecule has 2 saturated carbocycles. The van der Waals surface area contributed by atoms with Gasteiger partial charge < -0.3 is 53.0 Å². The minimum Gasteiger partial charge on any atom is -0.497 e. The molecule has 0 unspecified atom stereocenters. The van der Waals surface area contributed by atoms with E-state index in [0.717, 1.165) is 97.4 Å². The van der Waals surface area contributed by atoms with Crippen LogP contribution in [0.3, 0.4) is 0 Å². The highest BCUT2D eigenvalue weighted by atomic mass is 16.5. The van der Waals surface area contributed by atoms with Crippen molar-refractivity contribution in [3.63, 3.8) is 0 Å². The third-order valence-electron chi connectivity index (χ3n) is 10.6. The zero-order chi connectivity index (χ0) is 54.3. The van der Waals surface area contributed by atoms with Gasteiger partial charge in [-0.3, -0.25) is 9.59 Å². The van der Waals surface area contributed by atoms with E-state index in [1.807, 2.05) is 130 Å². The van der Waals surface area contributed by atoms with E-state index in [4.69, 9.17) is 33.8 Å². The molecule has 13 nitrogen and oxygen atoms in total. The van der Waals surface area contributed by atoms with Crippen LogP contribution in [0.2, 0.25) is 0 Å². The molecule has 0 aliphatic heterocycles. The van der Waals surface area contributed by atoms with Crippen LogP contribution in [0.1, 0.15) is 145 Å². The van der Waals surface area contributed by atoms with Crippen LogP contribution in [0, 0.1) is 29.1 Å². The fourth-order valence-electron chi connectivity index (χ4n) is 7.31. The predicted octanol–water partition coefficient (Wildman–Crippen LogP) is 12.9. The van der Waals surface area contributed by atoms with Gasteiger partial charge in [0.25, 0.3) is 12.9 Å². The first kappa shape index (κ1) is 67.1. The lowest BCUT2D eigenvalue weighted by Gasteiger charge is -2.34. The molecule has 13 heteroatoms. The van der Waals surface area contributed by atoms with Crippen LogP contribution >= 0.6 is 0 Å². The van der Waals surface area contributed by atoms with Gasteiger partial charge in [0, 0.05) is 42.4 Å². The maximum absolute atomic E-state index is 10.5. The van der Waals surface area contributed by atoms with E-state index in [0.29, 0.717) is 44.1 Å². The summed E-state index contributed by atoms with van der Waals surface area (Å²) < 4.78 is 36.5. The first-order valence-corrected chi connectivity index (χ1v) is 24.6. The Morgan fingerprint density at radius 3 is 1.35 bits per heavy atom. The number of aldehydes is 3. The van der Waals surface area contributed by atoms with E-state index in [1.165, 1.54) is 19.1 Å². The summed E-state index contributed by atoms with van der Waals surface area (Å²) >= 11 is 0. The molecule has 3 aromatic rings. The Morgan fingerprint density at radius 1 is 0.592 bits per heavy atom. The highest BCUT2D eigenvalue weighted by Gasteiger charge is 2.32. The van der Waals surface area contributed by atoms with E-state index in [9.17, 15) is 24.0 Å². The average Bonchev–Trinajstić information content (AvgIpc) is 3.35. The molecule has 0 spiro atoms. The van der Waals surface area contributed by atoms with Gasteiger partial charge in [-0.05, 0) is 166 Å². The predicted molar refractivity (Wildman–Crippen MR) is 286 cm³/mol. The molecular weight excluding hydrogens is 903 g/mol. The molecule has 0 saturated heterocycles. The summed E-state index contributed by atoms with van der Waals surface area (Å²) in [5.41, 5.74) is 0.588. The number of carbonyl (C=O) groups excluding carboxylic acids is 5. The SMILES string of the molecule is C=CC.CC.CC1CCC(C=O)CC1.COc1ccc(CCOC=O)cc1C=N.COc1ccc(OC(C)(C)C)cc1.COc1ccc(OC(C)(C)CC(C)(C)OC=O)cc1.O=CC1CCC(C=O)CC1. The number of benzene rings is 3. The van der Waals surface area contributed by atoms with Gasteiger partial charge in [-0.2, -0.15) is 0 Å². The van der Waals surface area contributed by atoms with Crippen LogP contribution in [-0.2, 0) is 39.9 Å². The van der Waals surface area contributed by atoms with Gasteiger partial charge in [0.15, 0.2) is 0 Å². The van der Waals surface area contributed by atoms with E-state index in [-0.39, 0.29) is 17.4 Å². The maximum Gasteiger partial charge on any atom is 0.293 e. The van der Waals surface area contributed by atoms with Crippen molar-refractivity contribution in [3.8, 4) is 28.7 Å². The molecule has 2 aliphatic rings. The Bertz CT molecular complexity index is 1850. The molecule has 398 valence electrons. The van der Waals surface area contributed by atoms with Crippen molar-refractivity contribution in [3.05, 3.63) is 90.5 Å². The van der Waals surface area contributed by atoms with Crippen LogP contribution in [0.15, 0.2) is 79.4 Å². The molecular formula is C58H89NO12. The highest BCUT2D eigenvalue weighted by molar-refractivity contribution is 5.81. The Labute approximate surface area is 427 Å². The van der Waals surface area contributed by atoms with Crippen LogP contribution in [0.5, 0.6) is 28.7 Å². The Hall–Kier alpha value is -5.98. The largest absolute Gasteiger partial charge is 0.497 e. The van der Waals surface area contributed by atoms with E-state index in [2.05, 4.69) is 18.2 Å². The molecule has 71 heavy (non-hydrogen) atoms. The lowest BCUT2D eigenvalue weighted by Crippen LogP contribution is -2.39. The van der Waals surface area contributed by atoms with Gasteiger partial charge in [0.2, 0.25) is 0 Å². The number of carbonyl (C=O) groups is 5. The fourth-order valence-corrected chi connectivity index (χ4v) is 7.31. The minimum atomic E-state index is -0.558. The first-order chi connectivity index (χ1) is 33.7. The van der Waals surface area contributed by atoms with Crippen molar-refractivity contribution >= 4 is 38.0 Å².